The normalized spacial score (nSPS) is 19.6. The molecule has 1 saturated carbocycles. The molecule has 1 atom stereocenters. The number of rotatable bonds is 6. The Morgan fingerprint density at radius 1 is 1.41 bits per heavy atom. The van der Waals surface area contributed by atoms with Crippen molar-refractivity contribution >= 4 is 0 Å². The molecule has 17 heavy (non-hydrogen) atoms. The van der Waals surface area contributed by atoms with Crippen LogP contribution in [0.5, 0.6) is 0 Å². The second-order valence-corrected chi connectivity index (χ2v) is 5.80. The maximum atomic E-state index is 4.44. The SMILES string of the molecule is CNC(C)C1(Cc2ncnn2CC(C)C)CC1. The highest BCUT2D eigenvalue weighted by atomic mass is 15.3. The van der Waals surface area contributed by atoms with Crippen LogP contribution in [0.25, 0.3) is 0 Å². The molecule has 0 aliphatic heterocycles. The first-order valence-electron chi connectivity index (χ1n) is 6.61. The van der Waals surface area contributed by atoms with Gasteiger partial charge in [0.15, 0.2) is 0 Å². The second-order valence-electron chi connectivity index (χ2n) is 5.80. The summed E-state index contributed by atoms with van der Waals surface area (Å²) >= 11 is 0. The monoisotopic (exact) mass is 236 g/mol. The minimum Gasteiger partial charge on any atom is -0.317 e. The first kappa shape index (κ1) is 12.6. The number of aromatic nitrogens is 3. The van der Waals surface area contributed by atoms with Gasteiger partial charge in [0.05, 0.1) is 0 Å². The lowest BCUT2D eigenvalue weighted by Crippen LogP contribution is -2.34. The molecule has 0 aromatic carbocycles. The van der Waals surface area contributed by atoms with E-state index in [2.05, 4.69) is 40.9 Å². The van der Waals surface area contributed by atoms with Crippen molar-refractivity contribution in [1.82, 2.24) is 20.1 Å². The Hall–Kier alpha value is -0.900. The van der Waals surface area contributed by atoms with Gasteiger partial charge in [-0.1, -0.05) is 13.8 Å². The Kier molecular flexibility index (Phi) is 3.52. The molecule has 0 saturated heterocycles. The fourth-order valence-electron chi connectivity index (χ4n) is 2.47. The van der Waals surface area contributed by atoms with Crippen LogP contribution >= 0.6 is 0 Å². The van der Waals surface area contributed by atoms with Crippen LogP contribution in [0.3, 0.4) is 0 Å². The van der Waals surface area contributed by atoms with E-state index in [1.165, 1.54) is 12.8 Å². The van der Waals surface area contributed by atoms with Crippen molar-refractivity contribution in [2.24, 2.45) is 11.3 Å². The molecule has 4 heteroatoms. The highest BCUT2D eigenvalue weighted by Gasteiger charge is 2.47. The van der Waals surface area contributed by atoms with Gasteiger partial charge in [0, 0.05) is 19.0 Å². The standard InChI is InChI=1S/C13H24N4/c1-10(2)8-17-12(15-9-16-17)7-13(5-6-13)11(3)14-4/h9-11,14H,5-8H2,1-4H3. The van der Waals surface area contributed by atoms with Gasteiger partial charge in [-0.25, -0.2) is 9.67 Å². The molecule has 2 rings (SSSR count). The van der Waals surface area contributed by atoms with Crippen LogP contribution in [-0.4, -0.2) is 27.9 Å². The number of hydrogen-bond donors (Lipinski definition) is 1. The Morgan fingerprint density at radius 3 is 2.65 bits per heavy atom. The highest BCUT2D eigenvalue weighted by molar-refractivity contribution is 5.06. The van der Waals surface area contributed by atoms with E-state index in [4.69, 9.17) is 0 Å². The molecule has 1 aromatic rings. The Bertz CT molecular complexity index is 365. The molecule has 1 unspecified atom stereocenters. The topological polar surface area (TPSA) is 42.7 Å². The smallest absolute Gasteiger partial charge is 0.138 e. The van der Waals surface area contributed by atoms with E-state index in [1.54, 1.807) is 6.33 Å². The quantitative estimate of drug-likeness (QED) is 0.820. The van der Waals surface area contributed by atoms with E-state index >= 15 is 0 Å². The molecule has 0 bridgehead atoms. The largest absolute Gasteiger partial charge is 0.317 e. The second kappa shape index (κ2) is 4.77. The maximum absolute atomic E-state index is 4.44. The molecular weight excluding hydrogens is 212 g/mol. The maximum Gasteiger partial charge on any atom is 0.138 e. The molecule has 0 spiro atoms. The van der Waals surface area contributed by atoms with E-state index < -0.39 is 0 Å². The van der Waals surface area contributed by atoms with Gasteiger partial charge in [0.1, 0.15) is 12.2 Å². The van der Waals surface area contributed by atoms with Crippen molar-refractivity contribution < 1.29 is 0 Å². The van der Waals surface area contributed by atoms with E-state index in [0.717, 1.165) is 18.8 Å². The first-order valence-corrected chi connectivity index (χ1v) is 6.61. The zero-order chi connectivity index (χ0) is 12.5. The van der Waals surface area contributed by atoms with Gasteiger partial charge in [-0.2, -0.15) is 5.10 Å². The van der Waals surface area contributed by atoms with Crippen molar-refractivity contribution in [3.05, 3.63) is 12.2 Å². The van der Waals surface area contributed by atoms with Crippen LogP contribution in [0, 0.1) is 11.3 Å². The lowest BCUT2D eigenvalue weighted by molar-refractivity contribution is 0.349. The van der Waals surface area contributed by atoms with Crippen LogP contribution < -0.4 is 5.32 Å². The lowest BCUT2D eigenvalue weighted by atomic mass is 9.93. The molecule has 1 N–H and O–H groups in total. The number of nitrogens with one attached hydrogen (secondary N) is 1. The van der Waals surface area contributed by atoms with Gasteiger partial charge < -0.3 is 5.32 Å². The average molecular weight is 236 g/mol. The molecule has 0 radical (unpaired) electrons. The Balaban J connectivity index is 2.06. The summed E-state index contributed by atoms with van der Waals surface area (Å²) in [6.07, 6.45) is 5.37. The zero-order valence-corrected chi connectivity index (χ0v) is 11.4. The Labute approximate surface area is 104 Å². The van der Waals surface area contributed by atoms with Crippen molar-refractivity contribution in [3.63, 3.8) is 0 Å². The van der Waals surface area contributed by atoms with Gasteiger partial charge in [-0.3, -0.25) is 0 Å². The summed E-state index contributed by atoms with van der Waals surface area (Å²) in [5.74, 6) is 1.77. The predicted molar refractivity (Wildman–Crippen MR) is 68.8 cm³/mol. The van der Waals surface area contributed by atoms with Crippen molar-refractivity contribution in [2.75, 3.05) is 7.05 Å². The van der Waals surface area contributed by atoms with Gasteiger partial charge in [0.2, 0.25) is 0 Å². The predicted octanol–water partition coefficient (Wildman–Crippen LogP) is 1.86. The van der Waals surface area contributed by atoms with E-state index in [1.807, 2.05) is 7.05 Å². The molecule has 0 amide bonds. The van der Waals surface area contributed by atoms with E-state index in [0.29, 0.717) is 17.4 Å². The summed E-state index contributed by atoms with van der Waals surface area (Å²) in [4.78, 5) is 4.44. The minimum absolute atomic E-state index is 0.427. The van der Waals surface area contributed by atoms with Gasteiger partial charge >= 0.3 is 0 Å². The number of hydrogen-bond acceptors (Lipinski definition) is 3. The summed E-state index contributed by atoms with van der Waals surface area (Å²) < 4.78 is 2.08. The summed E-state index contributed by atoms with van der Waals surface area (Å²) in [5.41, 5.74) is 0.427. The summed E-state index contributed by atoms with van der Waals surface area (Å²) in [7, 11) is 2.05. The highest BCUT2D eigenvalue weighted by Crippen LogP contribution is 2.50. The third-order valence-electron chi connectivity index (χ3n) is 3.99. The fourth-order valence-corrected chi connectivity index (χ4v) is 2.47. The summed E-state index contributed by atoms with van der Waals surface area (Å²) in [5, 5.41) is 7.72. The summed E-state index contributed by atoms with van der Waals surface area (Å²) in [6.45, 7) is 7.68. The average Bonchev–Trinajstić information content (AvgIpc) is 2.95. The van der Waals surface area contributed by atoms with E-state index in [-0.39, 0.29) is 0 Å². The van der Waals surface area contributed by atoms with Gasteiger partial charge in [-0.15, -0.1) is 0 Å². The van der Waals surface area contributed by atoms with Crippen LogP contribution in [0.2, 0.25) is 0 Å². The molecule has 1 aliphatic rings. The first-order chi connectivity index (χ1) is 8.07. The van der Waals surface area contributed by atoms with Crippen molar-refractivity contribution in [3.8, 4) is 0 Å². The molecule has 1 aromatic heterocycles. The van der Waals surface area contributed by atoms with Crippen LogP contribution in [0.1, 0.15) is 39.4 Å². The third kappa shape index (κ3) is 2.68. The molecule has 4 nitrogen and oxygen atoms in total. The minimum atomic E-state index is 0.427. The summed E-state index contributed by atoms with van der Waals surface area (Å²) in [6, 6.07) is 0.562. The zero-order valence-electron chi connectivity index (χ0n) is 11.4. The van der Waals surface area contributed by atoms with Crippen LogP contribution in [0.4, 0.5) is 0 Å². The van der Waals surface area contributed by atoms with Crippen molar-refractivity contribution in [2.45, 2.75) is 52.6 Å². The van der Waals surface area contributed by atoms with Crippen molar-refractivity contribution in [1.29, 1.82) is 0 Å². The number of nitrogens with zero attached hydrogens (tertiary/aromatic N) is 3. The Morgan fingerprint density at radius 2 is 2.12 bits per heavy atom. The molecule has 1 heterocycles. The van der Waals surface area contributed by atoms with Crippen LogP contribution in [0.15, 0.2) is 6.33 Å². The molecule has 96 valence electrons. The fraction of sp³-hybridized carbons (Fsp3) is 0.846. The third-order valence-corrected chi connectivity index (χ3v) is 3.99. The van der Waals surface area contributed by atoms with E-state index in [9.17, 15) is 0 Å². The lowest BCUT2D eigenvalue weighted by Gasteiger charge is -2.22. The molecule has 1 aliphatic carbocycles. The van der Waals surface area contributed by atoms with Gasteiger partial charge in [0.25, 0.3) is 0 Å². The molecule has 1 fully saturated rings. The van der Waals surface area contributed by atoms with Gasteiger partial charge in [-0.05, 0) is 38.1 Å². The van der Waals surface area contributed by atoms with Crippen LogP contribution in [-0.2, 0) is 13.0 Å². The molecular formula is C13H24N4.